The van der Waals surface area contributed by atoms with Gasteiger partial charge in [-0.1, -0.05) is 22.0 Å². The first kappa shape index (κ1) is 6.89. The van der Waals surface area contributed by atoms with Crippen LogP contribution in [0.1, 0.15) is 6.42 Å². The second-order valence-corrected chi connectivity index (χ2v) is 2.22. The first-order valence-electron chi connectivity index (χ1n) is 1.94. The molecule has 0 aliphatic carbocycles. The number of alkyl halides is 1. The summed E-state index contributed by atoms with van der Waals surface area (Å²) in [5, 5.41) is 0. The molecule has 1 unspecified atom stereocenters. The third-order valence-corrected chi connectivity index (χ3v) is 1.06. The third-order valence-electron chi connectivity index (χ3n) is 0.501. The first-order valence-corrected chi connectivity index (χ1v) is 2.85. The summed E-state index contributed by atoms with van der Waals surface area (Å²) in [5.41, 5.74) is 0. The Morgan fingerprint density at radius 1 is 2.00 bits per heavy atom. The molecule has 0 rings (SSSR count). The van der Waals surface area contributed by atoms with Crippen LogP contribution in [0, 0.1) is 0 Å². The van der Waals surface area contributed by atoms with Crippen LogP contribution < -0.4 is 0 Å². The van der Waals surface area contributed by atoms with Gasteiger partial charge in [0.15, 0.2) is 0 Å². The molecule has 0 aliphatic heterocycles. The summed E-state index contributed by atoms with van der Waals surface area (Å²) >= 11 is 3.04. The quantitative estimate of drug-likeness (QED) is 0.453. The molecule has 0 bridgehead atoms. The van der Waals surface area contributed by atoms with Gasteiger partial charge in [0.2, 0.25) is 6.29 Å². The molecule has 0 spiro atoms. The summed E-state index contributed by atoms with van der Waals surface area (Å²) in [7, 11) is 0. The van der Waals surface area contributed by atoms with Gasteiger partial charge in [0.1, 0.15) is 0 Å². The highest BCUT2D eigenvalue weighted by Gasteiger charge is 1.95. The molecule has 0 fully saturated rings. The fraction of sp³-hybridized carbons (Fsp3) is 0.400. The molecule has 0 saturated carbocycles. The molecule has 0 aliphatic rings. The van der Waals surface area contributed by atoms with Crippen LogP contribution in [0.2, 0.25) is 0 Å². The number of carbonyl (C=O) groups excluding carboxylic acids is 1. The molecule has 1 nitrogen and oxygen atoms in total. The van der Waals surface area contributed by atoms with Crippen LogP contribution in [-0.2, 0) is 4.79 Å². The zero-order valence-corrected chi connectivity index (χ0v) is 5.44. The molecular weight excluding hydrogens is 156 g/mol. The van der Waals surface area contributed by atoms with Gasteiger partial charge in [-0.25, -0.2) is 0 Å². The van der Waals surface area contributed by atoms with Gasteiger partial charge in [-0.3, -0.25) is 4.79 Å². The van der Waals surface area contributed by atoms with Gasteiger partial charge in [0.25, 0.3) is 0 Å². The van der Waals surface area contributed by atoms with Crippen LogP contribution in [-0.4, -0.2) is 11.1 Å². The van der Waals surface area contributed by atoms with E-state index >= 15 is 0 Å². The van der Waals surface area contributed by atoms with E-state index in [0.717, 1.165) is 0 Å². The summed E-state index contributed by atoms with van der Waals surface area (Å²) in [4.78, 5) is 9.51. The van der Waals surface area contributed by atoms with Crippen molar-refractivity contribution in [1.82, 2.24) is 0 Å². The van der Waals surface area contributed by atoms with Gasteiger partial charge >= 0.3 is 0 Å². The average Bonchev–Trinajstić information content (AvgIpc) is 1.68. The molecule has 0 aromatic heterocycles. The van der Waals surface area contributed by atoms with Crippen LogP contribution in [0.5, 0.6) is 0 Å². The lowest BCUT2D eigenvalue weighted by Crippen LogP contribution is -1.94. The molecular formula is C5H6BrO. The van der Waals surface area contributed by atoms with Crippen molar-refractivity contribution in [2.45, 2.75) is 11.2 Å². The second-order valence-electron chi connectivity index (χ2n) is 1.11. The highest BCUT2D eigenvalue weighted by Crippen LogP contribution is 1.99. The minimum absolute atomic E-state index is 0.162. The number of rotatable bonds is 3. The first-order chi connectivity index (χ1) is 3.31. The Labute approximate surface area is 51.5 Å². The van der Waals surface area contributed by atoms with Crippen molar-refractivity contribution in [3.8, 4) is 0 Å². The minimum atomic E-state index is -0.162. The summed E-state index contributed by atoms with van der Waals surface area (Å²) in [5.74, 6) is 0. The molecule has 7 heavy (non-hydrogen) atoms. The van der Waals surface area contributed by atoms with Crippen molar-refractivity contribution in [2.75, 3.05) is 0 Å². The Morgan fingerprint density at radius 3 is 2.71 bits per heavy atom. The highest BCUT2D eigenvalue weighted by molar-refractivity contribution is 9.09. The molecule has 0 amide bonds. The van der Waals surface area contributed by atoms with Crippen LogP contribution in [0.15, 0.2) is 12.7 Å². The van der Waals surface area contributed by atoms with Gasteiger partial charge in [0.05, 0.1) is 4.83 Å². The molecule has 0 saturated heterocycles. The van der Waals surface area contributed by atoms with Crippen molar-refractivity contribution in [3.63, 3.8) is 0 Å². The van der Waals surface area contributed by atoms with E-state index in [9.17, 15) is 4.79 Å². The number of allylic oxidation sites excluding steroid dienone is 1. The van der Waals surface area contributed by atoms with E-state index in [1.165, 1.54) is 0 Å². The lowest BCUT2D eigenvalue weighted by Gasteiger charge is -1.87. The Morgan fingerprint density at radius 2 is 2.57 bits per heavy atom. The van der Waals surface area contributed by atoms with Crippen LogP contribution in [0.4, 0.5) is 0 Å². The minimum Gasteiger partial charge on any atom is -0.290 e. The van der Waals surface area contributed by atoms with E-state index in [1.54, 1.807) is 12.4 Å². The van der Waals surface area contributed by atoms with Gasteiger partial charge in [-0.2, -0.15) is 0 Å². The van der Waals surface area contributed by atoms with Crippen molar-refractivity contribution >= 4 is 22.2 Å². The fourth-order valence-electron chi connectivity index (χ4n) is 0.194. The van der Waals surface area contributed by atoms with E-state index in [2.05, 4.69) is 22.5 Å². The predicted molar refractivity (Wildman–Crippen MR) is 33.2 cm³/mol. The van der Waals surface area contributed by atoms with Gasteiger partial charge in [0, 0.05) is 0 Å². The maximum atomic E-state index is 9.68. The number of hydrogen-bond acceptors (Lipinski definition) is 1. The summed E-state index contributed by atoms with van der Waals surface area (Å²) < 4.78 is 0. The molecule has 39 valence electrons. The lowest BCUT2D eigenvalue weighted by atomic mass is 10.3. The fourth-order valence-corrected chi connectivity index (χ4v) is 0.459. The number of hydrogen-bond donors (Lipinski definition) is 0. The van der Waals surface area contributed by atoms with Crippen molar-refractivity contribution in [2.24, 2.45) is 0 Å². The largest absolute Gasteiger partial charge is 0.290 e. The average molecular weight is 162 g/mol. The lowest BCUT2D eigenvalue weighted by molar-refractivity contribution is 0.553. The van der Waals surface area contributed by atoms with Gasteiger partial charge < -0.3 is 0 Å². The Balaban J connectivity index is 3.15. The van der Waals surface area contributed by atoms with Crippen molar-refractivity contribution < 1.29 is 4.79 Å². The van der Waals surface area contributed by atoms with Crippen LogP contribution in [0.25, 0.3) is 0 Å². The SMILES string of the molecule is C=CCC(Br)[C]=O. The maximum Gasteiger partial charge on any atom is 0.213 e. The zero-order valence-electron chi connectivity index (χ0n) is 3.86. The molecule has 0 N–H and O–H groups in total. The topological polar surface area (TPSA) is 17.1 Å². The third kappa shape index (κ3) is 3.73. The normalized spacial score (nSPS) is 12.7. The maximum absolute atomic E-state index is 9.68. The van der Waals surface area contributed by atoms with E-state index in [1.807, 2.05) is 0 Å². The van der Waals surface area contributed by atoms with E-state index < -0.39 is 0 Å². The van der Waals surface area contributed by atoms with Crippen molar-refractivity contribution in [3.05, 3.63) is 12.7 Å². The Bertz CT molecular complexity index is 70.5. The van der Waals surface area contributed by atoms with E-state index in [4.69, 9.17) is 0 Å². The Kier molecular flexibility index (Phi) is 4.00. The van der Waals surface area contributed by atoms with Crippen LogP contribution in [0.3, 0.4) is 0 Å². The van der Waals surface area contributed by atoms with Crippen molar-refractivity contribution in [1.29, 1.82) is 0 Å². The standard InChI is InChI=1S/C5H6BrO/c1-2-3-5(6)4-7/h2,5H,1,3H2. The predicted octanol–water partition coefficient (Wildman–Crippen LogP) is 1.44. The summed E-state index contributed by atoms with van der Waals surface area (Å²) in [6.07, 6.45) is 4.09. The molecule has 1 atom stereocenters. The van der Waals surface area contributed by atoms with E-state index in [-0.39, 0.29) is 4.83 Å². The molecule has 0 aromatic rings. The molecule has 2 heteroatoms. The highest BCUT2D eigenvalue weighted by atomic mass is 79.9. The van der Waals surface area contributed by atoms with E-state index in [0.29, 0.717) is 6.42 Å². The second kappa shape index (κ2) is 4.06. The molecule has 0 heterocycles. The zero-order chi connectivity index (χ0) is 5.70. The smallest absolute Gasteiger partial charge is 0.213 e. The van der Waals surface area contributed by atoms with Gasteiger partial charge in [-0.15, -0.1) is 6.58 Å². The molecule has 1 radical (unpaired) electrons. The monoisotopic (exact) mass is 161 g/mol. The summed E-state index contributed by atoms with van der Waals surface area (Å²) in [6.45, 7) is 3.44. The molecule has 0 aromatic carbocycles. The number of halogens is 1. The summed E-state index contributed by atoms with van der Waals surface area (Å²) in [6, 6.07) is 0. The van der Waals surface area contributed by atoms with Crippen LogP contribution >= 0.6 is 15.9 Å². The Hall–Kier alpha value is -0.110. The van der Waals surface area contributed by atoms with Gasteiger partial charge in [-0.05, 0) is 6.42 Å².